The Morgan fingerprint density at radius 1 is 0.652 bits per heavy atom. The second kappa shape index (κ2) is 33.1. The molecular formula is C64H87FN18O9. The summed E-state index contributed by atoms with van der Waals surface area (Å²) in [4.78, 5) is 92.8. The number of nitrogens with zero attached hydrogens (tertiary/aromatic N) is 15. The zero-order chi connectivity index (χ0) is 65.7. The van der Waals surface area contributed by atoms with Gasteiger partial charge in [-0.15, -0.1) is 0 Å². The van der Waals surface area contributed by atoms with Gasteiger partial charge in [0, 0.05) is 52.0 Å². The van der Waals surface area contributed by atoms with Gasteiger partial charge in [-0.05, 0) is 94.2 Å². The fourth-order valence-electron chi connectivity index (χ4n) is 10.6. The summed E-state index contributed by atoms with van der Waals surface area (Å²) in [5, 5.41) is 37.3. The molecule has 8 aromatic rings. The molecule has 0 atom stereocenters. The maximum absolute atomic E-state index is 13.3. The van der Waals surface area contributed by atoms with E-state index in [0.717, 1.165) is 75.8 Å². The van der Waals surface area contributed by atoms with Gasteiger partial charge in [-0.25, -0.2) is 29.0 Å². The molecule has 2 aliphatic rings. The summed E-state index contributed by atoms with van der Waals surface area (Å²) in [5.41, 5.74) is 5.31. The van der Waals surface area contributed by atoms with Crippen LogP contribution in [0.25, 0.3) is 33.5 Å². The van der Waals surface area contributed by atoms with Crippen LogP contribution in [-0.4, -0.2) is 156 Å². The van der Waals surface area contributed by atoms with Crippen molar-refractivity contribution < 1.29 is 48.4 Å². The van der Waals surface area contributed by atoms with Crippen LogP contribution in [-0.2, 0) is 50.0 Å². The summed E-state index contributed by atoms with van der Waals surface area (Å²) < 4.78 is 28.9. The summed E-state index contributed by atoms with van der Waals surface area (Å²) in [5.74, 6) is 0.125. The molecule has 0 radical (unpaired) electrons. The Bertz CT molecular complexity index is 3710. The molecule has 6 aromatic heterocycles. The van der Waals surface area contributed by atoms with Crippen molar-refractivity contribution in [3.05, 3.63) is 84.5 Å². The third-order valence-electron chi connectivity index (χ3n) is 15.3. The number of morpholine rings is 1. The van der Waals surface area contributed by atoms with E-state index in [9.17, 15) is 33.8 Å². The molecule has 10 rings (SSSR count). The van der Waals surface area contributed by atoms with Crippen molar-refractivity contribution in [1.82, 2.24) is 58.6 Å². The number of anilines is 7. The number of ether oxygens (including phenoxy) is 2. The van der Waals surface area contributed by atoms with E-state index in [2.05, 4.69) is 106 Å². The van der Waals surface area contributed by atoms with Gasteiger partial charge < -0.3 is 64.2 Å². The average Bonchev–Trinajstić information content (AvgIpc) is 1.57. The van der Waals surface area contributed by atoms with Gasteiger partial charge in [0.25, 0.3) is 0 Å². The van der Waals surface area contributed by atoms with Gasteiger partial charge in [-0.2, -0.15) is 29.9 Å². The van der Waals surface area contributed by atoms with Crippen molar-refractivity contribution in [2.45, 2.75) is 163 Å². The first-order valence-corrected chi connectivity index (χ1v) is 31.8. The number of carboxylic acids is 3. The molecule has 6 N–H and O–H groups in total. The molecule has 27 nitrogen and oxygen atoms in total. The lowest BCUT2D eigenvalue weighted by molar-refractivity contribution is -0.138. The Morgan fingerprint density at radius 2 is 1.22 bits per heavy atom. The summed E-state index contributed by atoms with van der Waals surface area (Å²) in [6, 6.07) is 14.6. The molecule has 0 bridgehead atoms. The molecule has 28 heteroatoms. The normalized spacial score (nSPS) is 13.5. The molecular weight excluding hydrogens is 1180 g/mol. The van der Waals surface area contributed by atoms with E-state index in [0.29, 0.717) is 108 Å². The van der Waals surface area contributed by atoms with E-state index in [1.165, 1.54) is 82.8 Å². The highest BCUT2D eigenvalue weighted by molar-refractivity contribution is 5.91. The van der Waals surface area contributed by atoms with Gasteiger partial charge in [0.15, 0.2) is 50.9 Å². The van der Waals surface area contributed by atoms with Crippen molar-refractivity contribution >= 4 is 98.5 Å². The molecule has 1 amide bonds. The number of aliphatic carboxylic acids is 3. The van der Waals surface area contributed by atoms with Crippen LogP contribution in [0.15, 0.2) is 67.5 Å². The molecule has 1 aliphatic heterocycles. The number of fused-ring (bicyclic) bond motifs is 3. The average molecular weight is 1270 g/mol. The lowest BCUT2D eigenvalue weighted by Crippen LogP contribution is -2.40. The third kappa shape index (κ3) is 19.3. The van der Waals surface area contributed by atoms with Crippen LogP contribution in [0.4, 0.5) is 50.2 Å². The van der Waals surface area contributed by atoms with E-state index in [4.69, 9.17) is 19.6 Å². The maximum Gasteiger partial charge on any atom is 0.417 e. The number of aromatic nitrogens is 12. The Morgan fingerprint density at radius 3 is 1.82 bits per heavy atom. The van der Waals surface area contributed by atoms with Crippen molar-refractivity contribution in [2.75, 3.05) is 83.6 Å². The highest BCUT2D eigenvalue weighted by Crippen LogP contribution is 2.34. The minimum absolute atomic E-state index is 0.166. The topological polar surface area (TPSA) is 324 Å². The highest BCUT2D eigenvalue weighted by atomic mass is 19.1. The Balaban J connectivity index is 0.000000180. The Kier molecular flexibility index (Phi) is 24.7. The number of halogens is 1. The van der Waals surface area contributed by atoms with Crippen LogP contribution < -0.4 is 30.7 Å². The maximum atomic E-state index is 13.3. The van der Waals surface area contributed by atoms with Gasteiger partial charge >= 0.3 is 24.0 Å². The number of amides is 1. The third-order valence-corrected chi connectivity index (χ3v) is 15.3. The van der Waals surface area contributed by atoms with Crippen LogP contribution in [0.5, 0.6) is 0 Å². The Labute approximate surface area is 534 Å². The number of hydrogen-bond donors (Lipinski definition) is 6. The monoisotopic (exact) mass is 1270 g/mol. The second-order valence-electron chi connectivity index (χ2n) is 23.8. The van der Waals surface area contributed by atoms with Crippen LogP contribution in [0.1, 0.15) is 142 Å². The van der Waals surface area contributed by atoms with Crippen LogP contribution in [0, 0.1) is 5.82 Å². The van der Waals surface area contributed by atoms with Crippen molar-refractivity contribution in [3.63, 3.8) is 0 Å². The van der Waals surface area contributed by atoms with Crippen molar-refractivity contribution in [2.24, 2.45) is 0 Å². The molecule has 2 aromatic carbocycles. The molecule has 7 heterocycles. The zero-order valence-corrected chi connectivity index (χ0v) is 53.8. The summed E-state index contributed by atoms with van der Waals surface area (Å²) in [6.07, 6.45) is 18.5. The van der Waals surface area contributed by atoms with E-state index >= 15 is 0 Å². The lowest BCUT2D eigenvalue weighted by Gasteiger charge is -2.30. The number of nitrogens with one attached hydrogen (secondary N) is 3. The number of unbranched alkanes of at least 4 members (excludes halogenated alkanes) is 5. The molecule has 494 valence electrons. The number of rotatable bonds is 27. The molecule has 0 spiro atoms. The van der Waals surface area contributed by atoms with Gasteiger partial charge in [0.2, 0.25) is 17.8 Å². The first kappa shape index (κ1) is 68.6. The predicted molar refractivity (Wildman–Crippen MR) is 350 cm³/mol. The van der Waals surface area contributed by atoms with E-state index in [1.54, 1.807) is 37.5 Å². The number of benzene rings is 2. The van der Waals surface area contributed by atoms with Gasteiger partial charge in [0.05, 0.1) is 32.2 Å². The van der Waals surface area contributed by atoms with E-state index in [1.807, 2.05) is 11.9 Å². The first-order chi connectivity index (χ1) is 44.3. The van der Waals surface area contributed by atoms with Crippen LogP contribution >= 0.6 is 0 Å². The molecule has 0 unspecified atom stereocenters. The first-order valence-electron chi connectivity index (χ1n) is 31.8. The van der Waals surface area contributed by atoms with Crippen molar-refractivity contribution in [1.29, 1.82) is 0 Å². The predicted octanol–water partition coefficient (Wildman–Crippen LogP) is 10.9. The molecule has 92 heavy (non-hydrogen) atoms. The molecule has 2 fully saturated rings. The van der Waals surface area contributed by atoms with E-state index < -0.39 is 29.6 Å². The zero-order valence-electron chi connectivity index (χ0n) is 53.8. The van der Waals surface area contributed by atoms with Crippen molar-refractivity contribution in [3.8, 4) is 0 Å². The van der Waals surface area contributed by atoms with Crippen LogP contribution in [0.3, 0.4) is 0 Å². The van der Waals surface area contributed by atoms with Gasteiger partial charge in [0.1, 0.15) is 31.1 Å². The SMILES string of the molecule is CCCCCN(C(=O)OC(C)(C)C)c1nc(N2CCOCC2)c2ncn(CC(=O)O)c2n1.CCCCCNc1nc(N(C)CCCC)c2ncn(CC(=O)O)c2n1.O=C(O)Cn1cnc2c(Nc3ccc(F)cc3)nc(NCc3ccc(C4CCCCC4)cc3)nc21. The second-order valence-corrected chi connectivity index (χ2v) is 23.8. The highest BCUT2D eigenvalue weighted by Gasteiger charge is 2.29. The smallest absolute Gasteiger partial charge is 0.417 e. The summed E-state index contributed by atoms with van der Waals surface area (Å²) >= 11 is 0. The minimum Gasteiger partial charge on any atom is -0.480 e. The van der Waals surface area contributed by atoms with Gasteiger partial charge in [-0.1, -0.05) is 96.4 Å². The van der Waals surface area contributed by atoms with Gasteiger partial charge in [-0.3, -0.25) is 14.4 Å². The number of hydrogen-bond acceptors (Lipinski definition) is 20. The standard InChI is InChI=1S/C26H27FN6O2.C21H32N6O5.C17H28N6O2/c27-20-10-12-21(13-11-20)30-24-23-25(33(16-29-23)15-22(34)35)32-26(31-24)28-14-17-6-8-19(9-7-17)18-4-2-1-3-5-18;1-5-6-7-8-27(20(30)32-21(2,3)4)19-23-17(25-9-11-31-12-10-25)16-18(24-19)26(14-22-16)13-15(28)29;1-4-6-8-9-18-17-20-15(22(3)10-7-5-2)14-16(21-17)23(12-19-14)11-13(24)25/h6-13,16,18H,1-5,14-15H2,(H,34,35)(H2,28,30,31,32);14H,5-13H2,1-4H3,(H,28,29);12H,4-11H2,1-3H3,(H,24,25)(H,18,20,21). The number of imidazole rings is 3. The molecule has 1 saturated carbocycles. The summed E-state index contributed by atoms with van der Waals surface area (Å²) in [7, 11) is 1.98. The fourth-order valence-corrected chi connectivity index (χ4v) is 10.6. The number of carboxylic acid groups (broad SMARTS) is 3. The van der Waals surface area contributed by atoms with Crippen LogP contribution in [0.2, 0.25) is 0 Å². The van der Waals surface area contributed by atoms with E-state index in [-0.39, 0.29) is 31.4 Å². The number of carbonyl (C=O) groups excluding carboxylic acids is 1. The summed E-state index contributed by atoms with van der Waals surface area (Å²) in [6.45, 7) is 16.0. The largest absolute Gasteiger partial charge is 0.480 e. The minimum atomic E-state index is -1.01. The lowest BCUT2D eigenvalue weighted by atomic mass is 9.84. The molecule has 1 saturated heterocycles. The number of carbonyl (C=O) groups is 4. The Hall–Kier alpha value is -9.34. The molecule has 1 aliphatic carbocycles. The fraction of sp³-hybridized carbons (Fsp3) is 0.516. The quantitative estimate of drug-likeness (QED) is 0.0261.